The molecule has 0 aliphatic rings. The Balaban J connectivity index is 1.80. The molecular weight excluding hydrogens is 255 g/mol. The summed E-state index contributed by atoms with van der Waals surface area (Å²) in [4.78, 5) is 0. The molecule has 0 N–H and O–H groups in total. The Morgan fingerprint density at radius 2 is 1.88 bits per heavy atom. The van der Waals surface area contributed by atoms with E-state index in [9.17, 15) is 0 Å². The van der Waals surface area contributed by atoms with Gasteiger partial charge in [-0.1, -0.05) is 23.7 Å². The third-order valence-electron chi connectivity index (χ3n) is 2.65. The van der Waals surface area contributed by atoms with Crippen molar-refractivity contribution >= 4 is 23.2 Å². The van der Waals surface area contributed by atoms with Crippen LogP contribution in [0.2, 0.25) is 5.02 Å². The van der Waals surface area contributed by atoms with Gasteiger partial charge in [-0.3, -0.25) is 0 Å². The van der Waals surface area contributed by atoms with E-state index in [1.165, 1.54) is 5.56 Å². The van der Waals surface area contributed by atoms with Gasteiger partial charge < -0.3 is 4.42 Å². The highest BCUT2D eigenvalue weighted by atomic mass is 35.5. The summed E-state index contributed by atoms with van der Waals surface area (Å²) in [6.45, 7) is 0. The number of benzene rings is 1. The number of hydrogen-bond donors (Lipinski definition) is 0. The smallest absolute Gasteiger partial charge is 0.103 e. The van der Waals surface area contributed by atoms with Crippen LogP contribution in [0.1, 0.15) is 17.7 Å². The molecule has 2 rings (SSSR count). The van der Waals surface area contributed by atoms with Crippen molar-refractivity contribution in [3.8, 4) is 0 Å². The van der Waals surface area contributed by atoms with Crippen molar-refractivity contribution in [3.05, 3.63) is 59.0 Å². The first-order valence-corrected chi connectivity index (χ1v) is 6.46. The zero-order valence-corrected chi connectivity index (χ0v) is 10.9. The summed E-state index contributed by atoms with van der Waals surface area (Å²) in [6.07, 6.45) is 4.35. The summed E-state index contributed by atoms with van der Waals surface area (Å²) in [6, 6.07) is 11.7. The molecule has 0 fully saturated rings. The van der Waals surface area contributed by atoms with Gasteiger partial charge in [0, 0.05) is 16.8 Å². The molecule has 0 amide bonds. The van der Waals surface area contributed by atoms with E-state index in [1.54, 1.807) is 6.26 Å². The highest BCUT2D eigenvalue weighted by molar-refractivity contribution is 6.30. The molecule has 0 saturated heterocycles. The zero-order chi connectivity index (χ0) is 12.1. The molecule has 1 aromatic carbocycles. The van der Waals surface area contributed by atoms with Gasteiger partial charge in [0.1, 0.15) is 5.76 Å². The van der Waals surface area contributed by atoms with Gasteiger partial charge >= 0.3 is 0 Å². The van der Waals surface area contributed by atoms with E-state index in [4.69, 9.17) is 27.6 Å². The van der Waals surface area contributed by atoms with E-state index in [0.717, 1.165) is 30.0 Å². The average Bonchev–Trinajstić information content (AvgIpc) is 2.83. The molecule has 0 spiro atoms. The second kappa shape index (κ2) is 6.13. The molecule has 1 aromatic heterocycles. The zero-order valence-electron chi connectivity index (χ0n) is 9.40. The highest BCUT2D eigenvalue weighted by Crippen LogP contribution is 2.16. The van der Waals surface area contributed by atoms with Crippen molar-refractivity contribution < 1.29 is 4.42 Å². The fraction of sp³-hybridized carbons (Fsp3) is 0.286. The van der Waals surface area contributed by atoms with Crippen LogP contribution in [-0.4, -0.2) is 5.38 Å². The predicted octanol–water partition coefficient (Wildman–Crippen LogP) is 4.72. The third kappa shape index (κ3) is 4.10. The molecule has 0 aliphatic heterocycles. The quantitative estimate of drug-likeness (QED) is 0.716. The average molecular weight is 269 g/mol. The monoisotopic (exact) mass is 268 g/mol. The van der Waals surface area contributed by atoms with Crippen molar-refractivity contribution in [2.24, 2.45) is 0 Å². The number of alkyl halides is 1. The maximum Gasteiger partial charge on any atom is 0.103 e. The van der Waals surface area contributed by atoms with Crippen molar-refractivity contribution in [2.45, 2.75) is 24.6 Å². The van der Waals surface area contributed by atoms with Gasteiger partial charge in [0.2, 0.25) is 0 Å². The summed E-state index contributed by atoms with van der Waals surface area (Å²) < 4.78 is 5.27. The molecule has 1 heterocycles. The van der Waals surface area contributed by atoms with Gasteiger partial charge in [-0.15, -0.1) is 11.6 Å². The number of furan rings is 1. The minimum Gasteiger partial charge on any atom is -0.469 e. The Kier molecular flexibility index (Phi) is 4.52. The Hall–Kier alpha value is -0.920. The summed E-state index contributed by atoms with van der Waals surface area (Å²) in [5, 5.41) is 0.886. The normalized spacial score (nSPS) is 12.6. The molecule has 17 heavy (non-hydrogen) atoms. The van der Waals surface area contributed by atoms with Gasteiger partial charge in [-0.05, 0) is 42.7 Å². The van der Waals surface area contributed by atoms with Gasteiger partial charge in [-0.25, -0.2) is 0 Å². The third-order valence-corrected chi connectivity index (χ3v) is 3.28. The second-order valence-corrected chi connectivity index (χ2v) is 5.10. The SMILES string of the molecule is Clc1ccc(CC(Cl)CCc2ccco2)cc1. The lowest BCUT2D eigenvalue weighted by molar-refractivity contribution is 0.499. The highest BCUT2D eigenvalue weighted by Gasteiger charge is 2.07. The predicted molar refractivity (Wildman–Crippen MR) is 71.8 cm³/mol. The van der Waals surface area contributed by atoms with Crippen LogP contribution in [0.15, 0.2) is 47.1 Å². The minimum absolute atomic E-state index is 0.126. The Bertz CT molecular complexity index is 434. The lowest BCUT2D eigenvalue weighted by Crippen LogP contribution is -2.04. The Morgan fingerprint density at radius 3 is 2.53 bits per heavy atom. The molecule has 0 aliphatic carbocycles. The fourth-order valence-electron chi connectivity index (χ4n) is 1.73. The van der Waals surface area contributed by atoms with E-state index in [-0.39, 0.29) is 5.38 Å². The molecule has 2 aromatic rings. The van der Waals surface area contributed by atoms with Crippen LogP contribution >= 0.6 is 23.2 Å². The molecular formula is C14H14Cl2O. The number of aryl methyl sites for hydroxylation is 1. The molecule has 1 atom stereocenters. The van der Waals surface area contributed by atoms with Crippen LogP contribution in [-0.2, 0) is 12.8 Å². The van der Waals surface area contributed by atoms with Crippen LogP contribution in [0.4, 0.5) is 0 Å². The lowest BCUT2D eigenvalue weighted by atomic mass is 10.1. The van der Waals surface area contributed by atoms with Crippen LogP contribution in [0.5, 0.6) is 0 Å². The van der Waals surface area contributed by atoms with Gasteiger partial charge in [0.05, 0.1) is 6.26 Å². The van der Waals surface area contributed by atoms with Crippen molar-refractivity contribution in [3.63, 3.8) is 0 Å². The van der Waals surface area contributed by atoms with E-state index in [0.29, 0.717) is 0 Å². The molecule has 0 bridgehead atoms. The van der Waals surface area contributed by atoms with Crippen molar-refractivity contribution in [1.82, 2.24) is 0 Å². The first-order chi connectivity index (χ1) is 8.24. The summed E-state index contributed by atoms with van der Waals surface area (Å²) >= 11 is 12.1. The summed E-state index contributed by atoms with van der Waals surface area (Å²) in [5.41, 5.74) is 1.22. The van der Waals surface area contributed by atoms with Gasteiger partial charge in [0.15, 0.2) is 0 Å². The lowest BCUT2D eigenvalue weighted by Gasteiger charge is -2.08. The van der Waals surface area contributed by atoms with Gasteiger partial charge in [-0.2, -0.15) is 0 Å². The van der Waals surface area contributed by atoms with Crippen LogP contribution < -0.4 is 0 Å². The van der Waals surface area contributed by atoms with Crippen LogP contribution in [0, 0.1) is 0 Å². The second-order valence-electron chi connectivity index (χ2n) is 4.05. The molecule has 1 unspecified atom stereocenters. The van der Waals surface area contributed by atoms with Crippen molar-refractivity contribution in [1.29, 1.82) is 0 Å². The summed E-state index contributed by atoms with van der Waals surface area (Å²) in [7, 11) is 0. The first-order valence-electron chi connectivity index (χ1n) is 5.65. The Labute approximate surface area is 111 Å². The standard InChI is InChI=1S/C14H14Cl2O/c15-12-5-3-11(4-6-12)10-13(16)7-8-14-2-1-9-17-14/h1-6,9,13H,7-8,10H2. The molecule has 0 saturated carbocycles. The van der Waals surface area contributed by atoms with E-state index < -0.39 is 0 Å². The topological polar surface area (TPSA) is 13.1 Å². The molecule has 3 heteroatoms. The number of hydrogen-bond acceptors (Lipinski definition) is 1. The molecule has 0 radical (unpaired) electrons. The molecule has 90 valence electrons. The first kappa shape index (κ1) is 12.5. The fourth-order valence-corrected chi connectivity index (χ4v) is 2.15. The Morgan fingerprint density at radius 1 is 1.12 bits per heavy atom. The van der Waals surface area contributed by atoms with Crippen LogP contribution in [0.3, 0.4) is 0 Å². The maximum absolute atomic E-state index is 6.30. The van der Waals surface area contributed by atoms with E-state index in [1.807, 2.05) is 36.4 Å². The van der Waals surface area contributed by atoms with Gasteiger partial charge in [0.25, 0.3) is 0 Å². The number of rotatable bonds is 5. The summed E-state index contributed by atoms with van der Waals surface area (Å²) in [5.74, 6) is 0.992. The maximum atomic E-state index is 6.30. The largest absolute Gasteiger partial charge is 0.469 e. The van der Waals surface area contributed by atoms with Crippen molar-refractivity contribution in [2.75, 3.05) is 0 Å². The minimum atomic E-state index is 0.126. The molecule has 1 nitrogen and oxygen atoms in total. The van der Waals surface area contributed by atoms with E-state index >= 15 is 0 Å². The number of halogens is 2. The van der Waals surface area contributed by atoms with Crippen LogP contribution in [0.25, 0.3) is 0 Å². The van der Waals surface area contributed by atoms with E-state index in [2.05, 4.69) is 0 Å².